The minimum Gasteiger partial charge on any atom is -0.381 e. The predicted octanol–water partition coefficient (Wildman–Crippen LogP) is 1.29. The lowest BCUT2D eigenvalue weighted by Crippen LogP contribution is -2.57. The first-order valence-electron chi connectivity index (χ1n) is 8.34. The van der Waals surface area contributed by atoms with Crippen LogP contribution in [0, 0.1) is 0 Å². The maximum atomic E-state index is 14.0. The van der Waals surface area contributed by atoms with Crippen molar-refractivity contribution in [1.82, 2.24) is 9.97 Å². The van der Waals surface area contributed by atoms with Crippen molar-refractivity contribution < 1.29 is 18.7 Å². The quantitative estimate of drug-likeness (QED) is 0.844. The fourth-order valence-electron chi connectivity index (χ4n) is 3.22. The lowest BCUT2D eigenvalue weighted by Gasteiger charge is -2.30. The first-order chi connectivity index (χ1) is 11.3. The molecular weight excluding hydrogens is 318 g/mol. The van der Waals surface area contributed by atoms with Crippen molar-refractivity contribution in [3.8, 4) is 0 Å². The van der Waals surface area contributed by atoms with Gasteiger partial charge in [-0.2, -0.15) is 8.78 Å². The van der Waals surface area contributed by atoms with Gasteiger partial charge >= 0.3 is 5.92 Å². The average molecular weight is 338 g/mol. The monoisotopic (exact) mass is 338 g/mol. The van der Waals surface area contributed by atoms with Crippen LogP contribution in [0.4, 0.5) is 14.6 Å². The molecule has 6 nitrogen and oxygen atoms in total. The third-order valence-electron chi connectivity index (χ3n) is 5.15. The molecular formula is C16H20F2N4O2. The van der Waals surface area contributed by atoms with Crippen LogP contribution < -0.4 is 10.6 Å². The van der Waals surface area contributed by atoms with E-state index in [0.29, 0.717) is 17.7 Å². The number of aromatic nitrogens is 2. The van der Waals surface area contributed by atoms with Crippen molar-refractivity contribution in [2.45, 2.75) is 55.5 Å². The van der Waals surface area contributed by atoms with Crippen molar-refractivity contribution in [3.63, 3.8) is 0 Å². The Kier molecular flexibility index (Phi) is 3.32. The zero-order valence-corrected chi connectivity index (χ0v) is 13.2. The third kappa shape index (κ3) is 2.53. The minimum absolute atomic E-state index is 0.199. The molecule has 0 spiro atoms. The predicted molar refractivity (Wildman–Crippen MR) is 81.9 cm³/mol. The average Bonchev–Trinajstić information content (AvgIpc) is 3.44. The smallest absolute Gasteiger partial charge is 0.353 e. The van der Waals surface area contributed by atoms with Gasteiger partial charge in [0.2, 0.25) is 0 Å². The van der Waals surface area contributed by atoms with E-state index in [1.807, 2.05) is 6.07 Å². The molecule has 2 heterocycles. The van der Waals surface area contributed by atoms with E-state index in [9.17, 15) is 18.7 Å². The van der Waals surface area contributed by atoms with Crippen molar-refractivity contribution in [3.05, 3.63) is 17.6 Å². The van der Waals surface area contributed by atoms with Crippen LogP contribution in [0.1, 0.15) is 55.5 Å². The van der Waals surface area contributed by atoms with Gasteiger partial charge in [0.15, 0.2) is 5.60 Å². The molecule has 1 amide bonds. The maximum Gasteiger partial charge on any atom is 0.353 e. The van der Waals surface area contributed by atoms with Crippen molar-refractivity contribution in [2.75, 3.05) is 18.0 Å². The lowest BCUT2D eigenvalue weighted by atomic mass is 9.94. The van der Waals surface area contributed by atoms with Crippen LogP contribution in [0.5, 0.6) is 0 Å². The summed E-state index contributed by atoms with van der Waals surface area (Å²) in [4.78, 5) is 21.8. The number of amides is 1. The molecule has 1 atom stereocenters. The van der Waals surface area contributed by atoms with Crippen LogP contribution in [-0.4, -0.2) is 45.6 Å². The highest BCUT2D eigenvalue weighted by molar-refractivity contribution is 5.83. The molecule has 130 valence electrons. The molecule has 2 saturated carbocycles. The Hall–Kier alpha value is -1.83. The topological polar surface area (TPSA) is 92.3 Å². The number of hydrogen-bond acceptors (Lipinski definition) is 5. The number of primary amides is 1. The van der Waals surface area contributed by atoms with Crippen LogP contribution in [0.2, 0.25) is 0 Å². The zero-order chi connectivity index (χ0) is 17.1. The van der Waals surface area contributed by atoms with Crippen LogP contribution in [0.25, 0.3) is 0 Å². The van der Waals surface area contributed by atoms with E-state index in [2.05, 4.69) is 9.97 Å². The number of alkyl halides is 2. The molecule has 1 aliphatic heterocycles. The Morgan fingerprint density at radius 1 is 1.29 bits per heavy atom. The van der Waals surface area contributed by atoms with E-state index in [0.717, 1.165) is 37.2 Å². The molecule has 1 unspecified atom stereocenters. The van der Waals surface area contributed by atoms with Gasteiger partial charge in [-0.05, 0) is 25.7 Å². The summed E-state index contributed by atoms with van der Waals surface area (Å²) in [5.74, 6) is -3.65. The van der Waals surface area contributed by atoms with Gasteiger partial charge in [-0.25, -0.2) is 9.97 Å². The van der Waals surface area contributed by atoms with Gasteiger partial charge in [0.05, 0.1) is 6.54 Å². The fourth-order valence-corrected chi connectivity index (χ4v) is 3.22. The van der Waals surface area contributed by atoms with E-state index in [-0.39, 0.29) is 19.5 Å². The fraction of sp³-hybridized carbons (Fsp3) is 0.688. The summed E-state index contributed by atoms with van der Waals surface area (Å²) >= 11 is 0. The van der Waals surface area contributed by atoms with Crippen LogP contribution in [0.3, 0.4) is 0 Å². The number of β-amino-alcohol motifs (C(OH)–C–C–N with tert-alkyl or cyclic N) is 1. The van der Waals surface area contributed by atoms with Gasteiger partial charge in [0.25, 0.3) is 5.91 Å². The van der Waals surface area contributed by atoms with Crippen LogP contribution >= 0.6 is 0 Å². The zero-order valence-electron chi connectivity index (χ0n) is 13.2. The molecule has 3 fully saturated rings. The van der Waals surface area contributed by atoms with Gasteiger partial charge < -0.3 is 15.7 Å². The van der Waals surface area contributed by atoms with Crippen LogP contribution in [0.15, 0.2) is 6.07 Å². The number of nitrogens with zero attached hydrogens (tertiary/aromatic N) is 3. The molecule has 1 aromatic rings. The molecule has 24 heavy (non-hydrogen) atoms. The minimum atomic E-state index is -3.96. The van der Waals surface area contributed by atoms with E-state index >= 15 is 0 Å². The summed E-state index contributed by atoms with van der Waals surface area (Å²) in [6.07, 6.45) is 4.05. The number of halogens is 2. The summed E-state index contributed by atoms with van der Waals surface area (Å²) in [7, 11) is 0. The van der Waals surface area contributed by atoms with E-state index in [4.69, 9.17) is 5.73 Å². The highest BCUT2D eigenvalue weighted by Crippen LogP contribution is 2.44. The van der Waals surface area contributed by atoms with Crippen molar-refractivity contribution in [1.29, 1.82) is 0 Å². The van der Waals surface area contributed by atoms with Gasteiger partial charge in [-0.3, -0.25) is 4.79 Å². The highest BCUT2D eigenvalue weighted by Gasteiger charge is 2.60. The number of carbonyl (C=O) groups excluding carboxylic acids is 1. The molecule has 1 aromatic heterocycles. The summed E-state index contributed by atoms with van der Waals surface area (Å²) < 4.78 is 28.0. The number of carbonyl (C=O) groups is 1. The molecule has 3 N–H and O–H groups in total. The number of rotatable bonds is 5. The van der Waals surface area contributed by atoms with E-state index in [1.54, 1.807) is 4.90 Å². The Morgan fingerprint density at radius 3 is 2.54 bits per heavy atom. The molecule has 0 radical (unpaired) electrons. The standard InChI is InChI=1S/C16H20F2N4O2/c17-16(18,14(19)23)15(24)5-6-22(8-15)12-7-11(9-1-2-9)20-13(21-12)10-3-4-10/h7,9-10,24H,1-6,8H2,(H2,19,23). The van der Waals surface area contributed by atoms with Crippen molar-refractivity contribution >= 4 is 11.7 Å². The molecule has 0 aromatic carbocycles. The molecule has 2 aliphatic carbocycles. The van der Waals surface area contributed by atoms with E-state index in [1.165, 1.54) is 0 Å². The Morgan fingerprint density at radius 2 is 1.96 bits per heavy atom. The molecule has 8 heteroatoms. The molecule has 4 rings (SSSR count). The lowest BCUT2D eigenvalue weighted by molar-refractivity contribution is -0.183. The largest absolute Gasteiger partial charge is 0.381 e. The second-order valence-electron chi connectivity index (χ2n) is 7.20. The number of anilines is 1. The second kappa shape index (κ2) is 5.08. The van der Waals surface area contributed by atoms with Crippen LogP contribution in [-0.2, 0) is 4.79 Å². The number of aliphatic hydroxyl groups is 1. The number of nitrogens with two attached hydrogens (primary N) is 1. The number of hydrogen-bond donors (Lipinski definition) is 2. The summed E-state index contributed by atoms with van der Waals surface area (Å²) in [5.41, 5.74) is 3.27. The normalized spacial score (nSPS) is 27.5. The maximum absolute atomic E-state index is 14.0. The Balaban J connectivity index is 1.62. The third-order valence-corrected chi connectivity index (χ3v) is 5.15. The molecule has 1 saturated heterocycles. The first kappa shape index (κ1) is 15.7. The highest BCUT2D eigenvalue weighted by atomic mass is 19.3. The molecule has 0 bridgehead atoms. The second-order valence-corrected chi connectivity index (χ2v) is 7.20. The van der Waals surface area contributed by atoms with Crippen molar-refractivity contribution in [2.24, 2.45) is 5.73 Å². The Labute approximate surface area is 138 Å². The van der Waals surface area contributed by atoms with E-state index < -0.39 is 17.4 Å². The van der Waals surface area contributed by atoms with Gasteiger partial charge in [-0.15, -0.1) is 0 Å². The van der Waals surface area contributed by atoms with Gasteiger partial charge in [-0.1, -0.05) is 0 Å². The summed E-state index contributed by atoms with van der Waals surface area (Å²) in [6, 6.07) is 1.83. The first-order valence-corrected chi connectivity index (χ1v) is 8.34. The van der Waals surface area contributed by atoms with Gasteiger partial charge in [0, 0.05) is 36.6 Å². The Bertz CT molecular complexity index is 660. The summed E-state index contributed by atoms with van der Waals surface area (Å²) in [6.45, 7) is -0.168. The van der Waals surface area contributed by atoms with Gasteiger partial charge in [0.1, 0.15) is 11.6 Å². The SMILES string of the molecule is NC(=O)C(F)(F)C1(O)CCN(c2cc(C3CC3)nc(C3CC3)n2)C1. The summed E-state index contributed by atoms with van der Waals surface area (Å²) in [5, 5.41) is 10.3. The molecule has 3 aliphatic rings.